The van der Waals surface area contributed by atoms with Crippen molar-refractivity contribution in [2.24, 2.45) is 5.29 Å². The number of ether oxygens (including phenoxy) is 1. The first-order valence-corrected chi connectivity index (χ1v) is 11.0. The van der Waals surface area contributed by atoms with E-state index in [9.17, 15) is 23.8 Å². The van der Waals surface area contributed by atoms with Gasteiger partial charge in [0.15, 0.2) is 22.9 Å². The second-order valence-corrected chi connectivity index (χ2v) is 11.0. The normalized spacial score (nSPS) is 33.2. The molecule has 0 bridgehead atoms. The van der Waals surface area contributed by atoms with Crippen molar-refractivity contribution in [2.75, 3.05) is 7.11 Å². The van der Waals surface area contributed by atoms with Gasteiger partial charge in [-0.05, 0) is 44.4 Å². The molecule has 166 valence electrons. The maximum atomic E-state index is 13.5. The van der Waals surface area contributed by atoms with E-state index >= 15 is 0 Å². The van der Waals surface area contributed by atoms with E-state index < -0.39 is 62.9 Å². The van der Waals surface area contributed by atoms with E-state index in [2.05, 4.69) is 5.29 Å². The zero-order chi connectivity index (χ0) is 22.9. The van der Waals surface area contributed by atoms with Gasteiger partial charge in [-0.25, -0.2) is 9.80 Å². The number of carbonyl (C=O) groups is 3. The third-order valence-electron chi connectivity index (χ3n) is 6.50. The van der Waals surface area contributed by atoms with Crippen LogP contribution in [0.3, 0.4) is 0 Å². The van der Waals surface area contributed by atoms with E-state index in [1.54, 1.807) is 58.0 Å². The Morgan fingerprint density at radius 1 is 1.13 bits per heavy atom. The summed E-state index contributed by atoms with van der Waals surface area (Å²) in [6.07, 6.45) is 0. The van der Waals surface area contributed by atoms with Crippen molar-refractivity contribution in [1.29, 1.82) is 0 Å². The molecule has 3 aliphatic heterocycles. The van der Waals surface area contributed by atoms with Gasteiger partial charge in [0.2, 0.25) is 5.37 Å². The SMILES string of the molecule is COC(=O)C1N2C(=O)C(N3C(=O)C(c4ccccc4)N(N=O)C3(C)C)[C@@H]2[S+]([O-])C1(C)C. The van der Waals surface area contributed by atoms with Crippen molar-refractivity contribution >= 4 is 29.0 Å². The number of benzene rings is 1. The Labute approximate surface area is 182 Å². The minimum atomic E-state index is -1.65. The summed E-state index contributed by atoms with van der Waals surface area (Å²) >= 11 is -1.65. The Morgan fingerprint density at radius 3 is 2.29 bits per heavy atom. The number of amides is 2. The van der Waals surface area contributed by atoms with Crippen LogP contribution in [0.25, 0.3) is 0 Å². The Balaban J connectivity index is 1.75. The van der Waals surface area contributed by atoms with Gasteiger partial charge in [0.25, 0.3) is 11.8 Å². The van der Waals surface area contributed by atoms with Gasteiger partial charge in [-0.3, -0.25) is 19.4 Å². The summed E-state index contributed by atoms with van der Waals surface area (Å²) in [6, 6.07) is 5.59. The minimum Gasteiger partial charge on any atom is -0.614 e. The molecule has 3 heterocycles. The van der Waals surface area contributed by atoms with Gasteiger partial charge >= 0.3 is 5.97 Å². The molecule has 0 aromatic heterocycles. The number of β-lactam (4-membered cyclic amide) rings is 1. The van der Waals surface area contributed by atoms with E-state index in [-0.39, 0.29) is 0 Å². The molecule has 0 radical (unpaired) electrons. The highest BCUT2D eigenvalue weighted by atomic mass is 32.2. The maximum absolute atomic E-state index is 13.5. The maximum Gasteiger partial charge on any atom is 0.334 e. The lowest BCUT2D eigenvalue weighted by molar-refractivity contribution is -0.173. The summed E-state index contributed by atoms with van der Waals surface area (Å²) in [6.45, 7) is 6.50. The second kappa shape index (κ2) is 6.92. The summed E-state index contributed by atoms with van der Waals surface area (Å²) in [5, 5.41) is 3.35. The van der Waals surface area contributed by atoms with Gasteiger partial charge in [0.1, 0.15) is 5.66 Å². The summed E-state index contributed by atoms with van der Waals surface area (Å²) in [7, 11) is 1.21. The topological polar surface area (TPSA) is 123 Å². The standard InChI is InChI=1S/C20H24N4O6S/c1-19(2)14(18(27)30-5)22-15(25)13(17(22)31(19)29)23-16(26)12(11-9-7-6-8-10-11)24(21-28)20(23,3)4/h6-10,12-14,17H,1-5H3/t12?,13?,14?,17-,31?/m0/s1. The van der Waals surface area contributed by atoms with Crippen LogP contribution >= 0.6 is 0 Å². The number of nitroso groups, excluding NO2 is 1. The summed E-state index contributed by atoms with van der Waals surface area (Å²) in [5.41, 5.74) is -0.685. The Bertz CT molecular complexity index is 954. The van der Waals surface area contributed by atoms with Crippen LogP contribution < -0.4 is 0 Å². The highest BCUT2D eigenvalue weighted by Crippen LogP contribution is 2.52. The van der Waals surface area contributed by atoms with Gasteiger partial charge in [0, 0.05) is 0 Å². The van der Waals surface area contributed by atoms with Gasteiger partial charge in [-0.15, -0.1) is 4.91 Å². The number of methoxy groups -OCH3 is 1. The van der Waals surface area contributed by atoms with Gasteiger partial charge < -0.3 is 9.29 Å². The second-order valence-electron chi connectivity index (χ2n) is 8.85. The number of nitrogens with zero attached hydrogens (tertiary/aromatic N) is 4. The molecule has 0 spiro atoms. The van der Waals surface area contributed by atoms with Crippen LogP contribution in [0.1, 0.15) is 39.3 Å². The van der Waals surface area contributed by atoms with Crippen LogP contribution in [0.15, 0.2) is 35.6 Å². The zero-order valence-corrected chi connectivity index (χ0v) is 18.7. The average Bonchev–Trinajstić information content (AvgIpc) is 3.05. The molecule has 1 aromatic carbocycles. The first-order chi connectivity index (χ1) is 14.5. The molecule has 4 unspecified atom stereocenters. The molecule has 31 heavy (non-hydrogen) atoms. The van der Waals surface area contributed by atoms with Crippen molar-refractivity contribution in [3.05, 3.63) is 40.8 Å². The smallest absolute Gasteiger partial charge is 0.334 e. The molecule has 3 saturated heterocycles. The molecule has 4 rings (SSSR count). The average molecular weight is 449 g/mol. The largest absolute Gasteiger partial charge is 0.614 e. The summed E-state index contributed by atoms with van der Waals surface area (Å²) in [4.78, 5) is 53.4. The van der Waals surface area contributed by atoms with Crippen molar-refractivity contribution in [2.45, 2.75) is 61.6 Å². The highest BCUT2D eigenvalue weighted by molar-refractivity contribution is 7.94. The predicted molar refractivity (Wildman–Crippen MR) is 110 cm³/mol. The van der Waals surface area contributed by atoms with Crippen LogP contribution in [0.4, 0.5) is 0 Å². The van der Waals surface area contributed by atoms with E-state index in [1.807, 2.05) is 0 Å². The van der Waals surface area contributed by atoms with E-state index in [0.29, 0.717) is 5.56 Å². The van der Waals surface area contributed by atoms with Crippen LogP contribution in [-0.4, -0.2) is 72.1 Å². The summed E-state index contributed by atoms with van der Waals surface area (Å²) < 4.78 is 17.1. The first kappa shape index (κ1) is 21.6. The van der Waals surface area contributed by atoms with Crippen LogP contribution in [-0.2, 0) is 30.3 Å². The Morgan fingerprint density at radius 2 is 1.74 bits per heavy atom. The number of hydrogen-bond donors (Lipinski definition) is 0. The van der Waals surface area contributed by atoms with E-state index in [1.165, 1.54) is 16.9 Å². The van der Waals surface area contributed by atoms with Crippen molar-refractivity contribution in [3.63, 3.8) is 0 Å². The van der Waals surface area contributed by atoms with Gasteiger partial charge in [0.05, 0.1) is 12.4 Å². The number of hydrogen-bond acceptors (Lipinski definition) is 7. The zero-order valence-electron chi connectivity index (χ0n) is 17.8. The quantitative estimate of drug-likeness (QED) is 0.290. The predicted octanol–water partition coefficient (Wildman–Crippen LogP) is 0.909. The number of fused-ring (bicyclic) bond motifs is 1. The molecule has 11 heteroatoms. The highest BCUT2D eigenvalue weighted by Gasteiger charge is 2.76. The third kappa shape index (κ3) is 2.65. The fraction of sp³-hybridized carbons (Fsp3) is 0.550. The lowest BCUT2D eigenvalue weighted by Gasteiger charge is -2.49. The monoisotopic (exact) mass is 448 g/mol. The molecule has 5 atom stereocenters. The van der Waals surface area contributed by atoms with E-state index in [0.717, 1.165) is 5.01 Å². The minimum absolute atomic E-state index is 0.481. The Kier molecular flexibility index (Phi) is 4.82. The van der Waals surface area contributed by atoms with Gasteiger partial charge in [-0.2, -0.15) is 0 Å². The third-order valence-corrected chi connectivity index (χ3v) is 8.68. The summed E-state index contributed by atoms with van der Waals surface area (Å²) in [5.74, 6) is -1.64. The molecule has 10 nitrogen and oxygen atoms in total. The molecule has 3 aliphatic rings. The lowest BCUT2D eigenvalue weighted by Crippen LogP contribution is -2.74. The Hall–Kier alpha value is -2.66. The molecule has 2 amide bonds. The number of carbonyl (C=O) groups excluding carboxylic acids is 3. The lowest BCUT2D eigenvalue weighted by atomic mass is 9.94. The number of rotatable bonds is 4. The molecule has 0 N–H and O–H groups in total. The first-order valence-electron chi connectivity index (χ1n) is 9.83. The molecule has 0 saturated carbocycles. The van der Waals surface area contributed by atoms with Crippen molar-refractivity contribution in [3.8, 4) is 0 Å². The fourth-order valence-corrected chi connectivity index (χ4v) is 6.90. The van der Waals surface area contributed by atoms with Crippen LogP contribution in [0.5, 0.6) is 0 Å². The van der Waals surface area contributed by atoms with Gasteiger partial charge in [-0.1, -0.05) is 30.3 Å². The van der Waals surface area contributed by atoms with E-state index in [4.69, 9.17) is 4.74 Å². The molecule has 0 aliphatic carbocycles. The number of esters is 1. The fourth-order valence-electron chi connectivity index (χ4n) is 4.94. The molecular weight excluding hydrogens is 424 g/mol. The van der Waals surface area contributed by atoms with Crippen molar-refractivity contribution < 1.29 is 23.7 Å². The molecule has 3 fully saturated rings. The molecular formula is C20H24N4O6S. The van der Waals surface area contributed by atoms with Crippen molar-refractivity contribution in [1.82, 2.24) is 14.8 Å². The molecule has 1 aromatic rings. The van der Waals surface area contributed by atoms with Crippen LogP contribution in [0, 0.1) is 4.91 Å². The van der Waals surface area contributed by atoms with Crippen LogP contribution in [0.2, 0.25) is 0 Å².